The molecular formula is C17H16. The summed E-state index contributed by atoms with van der Waals surface area (Å²) in [5.41, 5.74) is 4.88. The minimum atomic E-state index is 1.06. The summed E-state index contributed by atoms with van der Waals surface area (Å²) in [7, 11) is 0. The van der Waals surface area contributed by atoms with Crippen molar-refractivity contribution in [3.63, 3.8) is 0 Å². The van der Waals surface area contributed by atoms with Crippen molar-refractivity contribution in [3.8, 4) is 11.8 Å². The molecule has 0 saturated heterocycles. The van der Waals surface area contributed by atoms with E-state index in [4.69, 9.17) is 0 Å². The van der Waals surface area contributed by atoms with E-state index in [1.807, 2.05) is 30.3 Å². The summed E-state index contributed by atoms with van der Waals surface area (Å²) in [6.07, 6.45) is 1.06. The van der Waals surface area contributed by atoms with E-state index < -0.39 is 0 Å². The van der Waals surface area contributed by atoms with Crippen LogP contribution in [-0.2, 0) is 6.42 Å². The maximum atomic E-state index is 3.21. The second-order valence-corrected chi connectivity index (χ2v) is 4.11. The lowest BCUT2D eigenvalue weighted by atomic mass is 10.0. The molecule has 0 aliphatic rings. The van der Waals surface area contributed by atoms with Crippen LogP contribution in [0.1, 0.15) is 29.2 Å². The van der Waals surface area contributed by atoms with Crippen molar-refractivity contribution >= 4 is 0 Å². The number of hydrogen-bond donors (Lipinski definition) is 0. The van der Waals surface area contributed by atoms with Crippen LogP contribution < -0.4 is 0 Å². The second kappa shape index (κ2) is 5.37. The predicted molar refractivity (Wildman–Crippen MR) is 73.0 cm³/mol. The molecule has 84 valence electrons. The lowest BCUT2D eigenvalue weighted by molar-refractivity contribution is 1.11. The van der Waals surface area contributed by atoms with E-state index in [1.165, 1.54) is 11.1 Å². The van der Waals surface area contributed by atoms with Gasteiger partial charge < -0.3 is 0 Å². The first-order chi connectivity index (χ1) is 8.29. The van der Waals surface area contributed by atoms with Crippen molar-refractivity contribution in [2.24, 2.45) is 0 Å². The van der Waals surface area contributed by atoms with Gasteiger partial charge in [-0.25, -0.2) is 0 Å². The van der Waals surface area contributed by atoms with Crippen molar-refractivity contribution in [1.29, 1.82) is 0 Å². The largest absolute Gasteiger partial charge is 0.0622 e. The van der Waals surface area contributed by atoms with Crippen molar-refractivity contribution < 1.29 is 0 Å². The summed E-state index contributed by atoms with van der Waals surface area (Å²) < 4.78 is 0. The molecule has 2 aromatic rings. The van der Waals surface area contributed by atoms with Crippen molar-refractivity contribution in [1.82, 2.24) is 0 Å². The first-order valence-corrected chi connectivity index (χ1v) is 5.96. The van der Waals surface area contributed by atoms with Gasteiger partial charge in [0.25, 0.3) is 0 Å². The van der Waals surface area contributed by atoms with Crippen LogP contribution in [0.2, 0.25) is 0 Å². The zero-order valence-corrected chi connectivity index (χ0v) is 10.3. The molecule has 2 aromatic carbocycles. The Balaban J connectivity index is 2.28. The summed E-state index contributed by atoms with van der Waals surface area (Å²) in [4.78, 5) is 0. The molecule has 2 rings (SSSR count). The average molecular weight is 220 g/mol. The second-order valence-electron chi connectivity index (χ2n) is 4.11. The van der Waals surface area contributed by atoms with Crippen LogP contribution >= 0.6 is 0 Å². The fraction of sp³-hybridized carbons (Fsp3) is 0.176. The Hall–Kier alpha value is -2.00. The van der Waals surface area contributed by atoms with Gasteiger partial charge in [0.1, 0.15) is 0 Å². The maximum Gasteiger partial charge on any atom is 0.0251 e. The topological polar surface area (TPSA) is 0 Å². The van der Waals surface area contributed by atoms with Gasteiger partial charge in [-0.1, -0.05) is 43.0 Å². The molecule has 0 nitrogen and oxygen atoms in total. The van der Waals surface area contributed by atoms with Crippen LogP contribution in [0.15, 0.2) is 48.5 Å². The fourth-order valence-corrected chi connectivity index (χ4v) is 1.80. The molecule has 0 N–H and O–H groups in total. The normalized spacial score (nSPS) is 9.53. The Kier molecular flexibility index (Phi) is 3.62. The van der Waals surface area contributed by atoms with Gasteiger partial charge in [-0.05, 0) is 48.7 Å². The third-order valence-corrected chi connectivity index (χ3v) is 2.85. The van der Waals surface area contributed by atoms with Gasteiger partial charge in [0, 0.05) is 11.1 Å². The summed E-state index contributed by atoms with van der Waals surface area (Å²) in [6.45, 7) is 4.32. The Morgan fingerprint density at radius 3 is 2.29 bits per heavy atom. The van der Waals surface area contributed by atoms with E-state index >= 15 is 0 Å². The third-order valence-electron chi connectivity index (χ3n) is 2.85. The Labute approximate surface area is 103 Å². The van der Waals surface area contributed by atoms with Crippen LogP contribution in [0.5, 0.6) is 0 Å². The van der Waals surface area contributed by atoms with Crippen LogP contribution in [-0.4, -0.2) is 0 Å². The van der Waals surface area contributed by atoms with Crippen LogP contribution in [0.4, 0.5) is 0 Å². The molecule has 0 fully saturated rings. The smallest absolute Gasteiger partial charge is 0.0251 e. The number of aryl methyl sites for hydroxylation is 2. The molecule has 0 spiro atoms. The fourth-order valence-electron chi connectivity index (χ4n) is 1.80. The monoisotopic (exact) mass is 220 g/mol. The minimum Gasteiger partial charge on any atom is -0.0622 e. The van der Waals surface area contributed by atoms with Crippen molar-refractivity contribution in [2.45, 2.75) is 20.3 Å². The molecule has 0 saturated carbocycles. The highest BCUT2D eigenvalue weighted by atomic mass is 14.0. The van der Waals surface area contributed by atoms with Crippen molar-refractivity contribution in [3.05, 3.63) is 70.8 Å². The first kappa shape index (κ1) is 11.5. The van der Waals surface area contributed by atoms with E-state index in [1.54, 1.807) is 0 Å². The van der Waals surface area contributed by atoms with Crippen LogP contribution in [0.25, 0.3) is 0 Å². The molecule has 0 heterocycles. The SMILES string of the molecule is CCc1cc(C#Cc2ccccc2)ccc1C. The molecule has 0 aromatic heterocycles. The van der Waals surface area contributed by atoms with E-state index in [9.17, 15) is 0 Å². The van der Waals surface area contributed by atoms with E-state index in [-0.39, 0.29) is 0 Å². The molecule has 0 atom stereocenters. The van der Waals surface area contributed by atoms with E-state index in [2.05, 4.69) is 43.9 Å². The van der Waals surface area contributed by atoms with Gasteiger partial charge in [0.05, 0.1) is 0 Å². The Bertz CT molecular complexity index is 554. The Morgan fingerprint density at radius 2 is 1.59 bits per heavy atom. The highest BCUT2D eigenvalue weighted by Gasteiger charge is 1.96. The van der Waals surface area contributed by atoms with Gasteiger partial charge in [0.2, 0.25) is 0 Å². The highest BCUT2D eigenvalue weighted by Crippen LogP contribution is 2.11. The first-order valence-electron chi connectivity index (χ1n) is 5.96. The maximum absolute atomic E-state index is 3.21. The molecular weight excluding hydrogens is 204 g/mol. The summed E-state index contributed by atoms with van der Waals surface area (Å²) >= 11 is 0. The third kappa shape index (κ3) is 2.98. The minimum absolute atomic E-state index is 1.06. The lowest BCUT2D eigenvalue weighted by Crippen LogP contribution is -1.87. The zero-order valence-electron chi connectivity index (χ0n) is 10.3. The number of hydrogen-bond acceptors (Lipinski definition) is 0. The van der Waals surface area contributed by atoms with Gasteiger partial charge >= 0.3 is 0 Å². The molecule has 0 bridgehead atoms. The molecule has 0 heteroatoms. The van der Waals surface area contributed by atoms with E-state index in [0.717, 1.165) is 17.5 Å². The molecule has 0 radical (unpaired) electrons. The lowest BCUT2D eigenvalue weighted by Gasteiger charge is -2.02. The van der Waals surface area contributed by atoms with Crippen LogP contribution in [0.3, 0.4) is 0 Å². The average Bonchev–Trinajstić information content (AvgIpc) is 2.39. The number of rotatable bonds is 1. The highest BCUT2D eigenvalue weighted by molar-refractivity contribution is 5.45. The Morgan fingerprint density at radius 1 is 0.882 bits per heavy atom. The zero-order chi connectivity index (χ0) is 12.1. The standard InChI is InChI=1S/C17H16/c1-3-17-13-16(10-9-14(17)2)12-11-15-7-5-4-6-8-15/h4-10,13H,3H2,1-2H3. The van der Waals surface area contributed by atoms with Gasteiger partial charge in [-0.2, -0.15) is 0 Å². The van der Waals surface area contributed by atoms with Crippen LogP contribution in [0, 0.1) is 18.8 Å². The summed E-state index contributed by atoms with van der Waals surface area (Å²) in [5, 5.41) is 0. The molecule has 17 heavy (non-hydrogen) atoms. The molecule has 0 unspecified atom stereocenters. The quantitative estimate of drug-likeness (QED) is 0.638. The number of benzene rings is 2. The molecule has 0 aliphatic heterocycles. The van der Waals surface area contributed by atoms with Gasteiger partial charge in [-0.3, -0.25) is 0 Å². The molecule has 0 amide bonds. The molecule has 0 aliphatic carbocycles. The summed E-state index contributed by atoms with van der Waals surface area (Å²) in [6, 6.07) is 16.5. The van der Waals surface area contributed by atoms with Crippen molar-refractivity contribution in [2.75, 3.05) is 0 Å². The van der Waals surface area contributed by atoms with Gasteiger partial charge in [0.15, 0.2) is 0 Å². The predicted octanol–water partition coefficient (Wildman–Crippen LogP) is 3.96. The van der Waals surface area contributed by atoms with E-state index in [0.29, 0.717) is 0 Å². The van der Waals surface area contributed by atoms with Gasteiger partial charge in [-0.15, -0.1) is 0 Å². The summed E-state index contributed by atoms with van der Waals surface area (Å²) in [5.74, 6) is 6.39.